The van der Waals surface area contributed by atoms with Gasteiger partial charge < -0.3 is 14.8 Å². The van der Waals surface area contributed by atoms with Crippen LogP contribution in [0.25, 0.3) is 0 Å². The molecule has 0 aliphatic heterocycles. The predicted molar refractivity (Wildman–Crippen MR) is 181 cm³/mol. The lowest BCUT2D eigenvalue weighted by molar-refractivity contribution is -0.689. The SMILES string of the molecule is CCCCCCCCCCCCCCOc1cc(OCC(=O)Nc2cccc(C[n+]3ccsc3C)c2)ccc1C(C)(C)C. The van der Waals surface area contributed by atoms with Crippen LogP contribution in [0.15, 0.2) is 54.0 Å². The first-order valence-electron chi connectivity index (χ1n) is 16.5. The van der Waals surface area contributed by atoms with Gasteiger partial charge >= 0.3 is 0 Å². The highest BCUT2D eigenvalue weighted by Gasteiger charge is 2.20. The molecule has 1 amide bonds. The summed E-state index contributed by atoms with van der Waals surface area (Å²) in [7, 11) is 0. The van der Waals surface area contributed by atoms with Crippen molar-refractivity contribution in [2.75, 3.05) is 18.5 Å². The summed E-state index contributed by atoms with van der Waals surface area (Å²) in [5.74, 6) is 1.31. The smallest absolute Gasteiger partial charge is 0.262 e. The molecule has 43 heavy (non-hydrogen) atoms. The summed E-state index contributed by atoms with van der Waals surface area (Å²) < 4.78 is 14.4. The minimum atomic E-state index is -0.185. The molecule has 0 bridgehead atoms. The van der Waals surface area contributed by atoms with E-state index >= 15 is 0 Å². The monoisotopic (exact) mass is 607 g/mol. The average molecular weight is 608 g/mol. The summed E-state index contributed by atoms with van der Waals surface area (Å²) >= 11 is 1.73. The second-order valence-electron chi connectivity index (χ2n) is 12.7. The fourth-order valence-electron chi connectivity index (χ4n) is 5.29. The van der Waals surface area contributed by atoms with Gasteiger partial charge in [-0.3, -0.25) is 4.79 Å². The molecule has 0 saturated carbocycles. The molecule has 0 fully saturated rings. The highest BCUT2D eigenvalue weighted by atomic mass is 32.1. The molecular weight excluding hydrogens is 552 g/mol. The van der Waals surface area contributed by atoms with Gasteiger partial charge in [0.25, 0.3) is 5.91 Å². The van der Waals surface area contributed by atoms with Crippen molar-refractivity contribution in [2.45, 2.75) is 124 Å². The average Bonchev–Trinajstić information content (AvgIpc) is 3.37. The van der Waals surface area contributed by atoms with Crippen LogP contribution in [0.2, 0.25) is 0 Å². The second kappa shape index (κ2) is 18.7. The zero-order valence-corrected chi connectivity index (χ0v) is 28.2. The van der Waals surface area contributed by atoms with Crippen molar-refractivity contribution in [1.82, 2.24) is 0 Å². The van der Waals surface area contributed by atoms with E-state index in [1.807, 2.05) is 30.3 Å². The van der Waals surface area contributed by atoms with Crippen molar-refractivity contribution >= 4 is 22.9 Å². The number of aryl methyl sites for hydroxylation is 1. The Hall–Kier alpha value is -2.86. The lowest BCUT2D eigenvalue weighted by atomic mass is 9.86. The number of hydrogen-bond acceptors (Lipinski definition) is 4. The first-order chi connectivity index (χ1) is 20.8. The Kier molecular flexibility index (Phi) is 15.1. The molecule has 1 aromatic heterocycles. The van der Waals surface area contributed by atoms with E-state index in [9.17, 15) is 4.79 Å². The van der Waals surface area contributed by atoms with Crippen LogP contribution in [-0.4, -0.2) is 19.1 Å². The standard InChI is InChI=1S/C37H54N2O3S/c1-6-7-8-9-10-11-12-13-14-15-16-17-24-41-35-27-33(21-22-34(35)37(3,4)5)42-29-36(40)38-32-20-18-19-31(26-32)28-39-23-25-43-30(39)2/h18-23,25-27H,6-17,24,28-29H2,1-5H3/p+1. The topological polar surface area (TPSA) is 51.4 Å². The lowest BCUT2D eigenvalue weighted by Crippen LogP contribution is -2.34. The number of benzene rings is 2. The minimum Gasteiger partial charge on any atom is -0.493 e. The van der Waals surface area contributed by atoms with E-state index in [0.29, 0.717) is 12.4 Å². The van der Waals surface area contributed by atoms with E-state index in [1.165, 1.54) is 75.6 Å². The summed E-state index contributed by atoms with van der Waals surface area (Å²) in [6, 6.07) is 13.9. The lowest BCUT2D eigenvalue weighted by Gasteiger charge is -2.23. The summed E-state index contributed by atoms with van der Waals surface area (Å²) in [5.41, 5.74) is 3.01. The van der Waals surface area contributed by atoms with Gasteiger partial charge in [-0.05, 0) is 35.6 Å². The Morgan fingerprint density at radius 2 is 1.53 bits per heavy atom. The Morgan fingerprint density at radius 3 is 2.16 bits per heavy atom. The zero-order chi connectivity index (χ0) is 30.9. The fraction of sp³-hybridized carbons (Fsp3) is 0.568. The predicted octanol–water partition coefficient (Wildman–Crippen LogP) is 9.79. The van der Waals surface area contributed by atoms with E-state index in [-0.39, 0.29) is 17.9 Å². The molecule has 2 aromatic carbocycles. The van der Waals surface area contributed by atoms with Gasteiger partial charge in [0.05, 0.1) is 12.0 Å². The molecule has 3 rings (SSSR count). The molecule has 0 unspecified atom stereocenters. The second-order valence-corrected chi connectivity index (χ2v) is 13.8. The first-order valence-corrected chi connectivity index (χ1v) is 17.4. The van der Waals surface area contributed by atoms with Gasteiger partial charge in [0.1, 0.15) is 11.5 Å². The number of carbonyl (C=O) groups is 1. The molecule has 0 saturated heterocycles. The van der Waals surface area contributed by atoms with Gasteiger partial charge in [-0.15, -0.1) is 0 Å². The van der Waals surface area contributed by atoms with Crippen LogP contribution in [0.3, 0.4) is 0 Å². The van der Waals surface area contributed by atoms with Gasteiger partial charge in [-0.2, -0.15) is 4.57 Å². The molecule has 0 aliphatic rings. The number of aromatic nitrogens is 1. The van der Waals surface area contributed by atoms with E-state index in [0.717, 1.165) is 35.5 Å². The van der Waals surface area contributed by atoms with E-state index in [2.05, 4.69) is 68.2 Å². The largest absolute Gasteiger partial charge is 0.493 e. The van der Waals surface area contributed by atoms with Crippen molar-refractivity contribution < 1.29 is 18.8 Å². The van der Waals surface area contributed by atoms with Gasteiger partial charge in [-0.25, -0.2) is 0 Å². The molecular formula is C37H55N2O3S+. The number of ether oxygens (including phenoxy) is 2. The molecule has 0 atom stereocenters. The van der Waals surface area contributed by atoms with Crippen molar-refractivity contribution in [1.29, 1.82) is 0 Å². The number of amides is 1. The molecule has 5 nitrogen and oxygen atoms in total. The molecule has 0 radical (unpaired) electrons. The molecule has 1 heterocycles. The van der Waals surface area contributed by atoms with Gasteiger partial charge in [0.2, 0.25) is 5.01 Å². The number of hydrogen-bond donors (Lipinski definition) is 1. The van der Waals surface area contributed by atoms with Crippen LogP contribution >= 0.6 is 11.3 Å². The maximum Gasteiger partial charge on any atom is 0.262 e. The Morgan fingerprint density at radius 1 is 0.860 bits per heavy atom. The maximum atomic E-state index is 12.7. The number of rotatable bonds is 20. The Balaban J connectivity index is 1.41. The number of thiazole rings is 1. The summed E-state index contributed by atoms with van der Waals surface area (Å²) in [5, 5.41) is 6.31. The highest BCUT2D eigenvalue weighted by molar-refractivity contribution is 7.09. The third-order valence-electron chi connectivity index (χ3n) is 7.83. The normalized spacial score (nSPS) is 11.5. The third kappa shape index (κ3) is 13.1. The van der Waals surface area contributed by atoms with Crippen LogP contribution in [0.4, 0.5) is 5.69 Å². The molecule has 6 heteroatoms. The third-order valence-corrected chi connectivity index (χ3v) is 8.67. The quantitative estimate of drug-likeness (QED) is 0.103. The van der Waals surface area contributed by atoms with Crippen molar-refractivity contribution in [3.8, 4) is 11.5 Å². The number of carbonyl (C=O) groups excluding carboxylic acids is 1. The molecule has 1 N–H and O–H groups in total. The number of anilines is 1. The fourth-order valence-corrected chi connectivity index (χ4v) is 5.95. The maximum absolute atomic E-state index is 12.7. The number of nitrogens with zero attached hydrogens (tertiary/aromatic N) is 1. The van der Waals surface area contributed by atoms with Crippen molar-refractivity contribution in [3.63, 3.8) is 0 Å². The van der Waals surface area contributed by atoms with E-state index in [1.54, 1.807) is 11.3 Å². The minimum absolute atomic E-state index is 0.0490. The molecule has 236 valence electrons. The molecule has 0 spiro atoms. The molecule has 0 aliphatic carbocycles. The highest BCUT2D eigenvalue weighted by Crippen LogP contribution is 2.34. The van der Waals surface area contributed by atoms with E-state index in [4.69, 9.17) is 9.47 Å². The van der Waals surface area contributed by atoms with Crippen LogP contribution in [0.1, 0.15) is 121 Å². The van der Waals surface area contributed by atoms with Gasteiger partial charge in [-0.1, -0.05) is 128 Å². The van der Waals surface area contributed by atoms with Crippen LogP contribution in [-0.2, 0) is 16.8 Å². The number of nitrogens with one attached hydrogen (secondary N) is 1. The van der Waals surface area contributed by atoms with Gasteiger partial charge in [0.15, 0.2) is 19.3 Å². The zero-order valence-electron chi connectivity index (χ0n) is 27.4. The van der Waals surface area contributed by atoms with Crippen molar-refractivity contribution in [3.05, 3.63) is 70.2 Å². The summed E-state index contributed by atoms with van der Waals surface area (Å²) in [6.07, 6.45) is 18.0. The van der Waals surface area contributed by atoms with Crippen molar-refractivity contribution in [2.24, 2.45) is 0 Å². The van der Waals surface area contributed by atoms with E-state index < -0.39 is 0 Å². The Bertz CT molecular complexity index is 1230. The van der Waals surface area contributed by atoms with Crippen LogP contribution in [0, 0.1) is 6.92 Å². The summed E-state index contributed by atoms with van der Waals surface area (Å²) in [6.45, 7) is 12.4. The molecule has 3 aromatic rings. The number of unbranched alkanes of at least 4 members (excludes halogenated alkanes) is 11. The first kappa shape index (κ1) is 34.6. The van der Waals surface area contributed by atoms with Gasteiger partial charge in [0, 0.05) is 24.2 Å². The Labute approximate surface area is 265 Å². The van der Waals surface area contributed by atoms with Crippen LogP contribution in [0.5, 0.6) is 11.5 Å². The van der Waals surface area contributed by atoms with Crippen LogP contribution < -0.4 is 19.4 Å². The summed E-state index contributed by atoms with van der Waals surface area (Å²) in [4.78, 5) is 12.7.